The molecule has 0 radical (unpaired) electrons. The lowest BCUT2D eigenvalue weighted by atomic mass is 9.70. The normalized spacial score (nSPS) is 49.4. The van der Waals surface area contributed by atoms with Gasteiger partial charge in [0.2, 0.25) is 0 Å². The first-order valence-electron chi connectivity index (χ1n) is 7.09. The highest BCUT2D eigenvalue weighted by molar-refractivity contribution is 5.09. The van der Waals surface area contributed by atoms with E-state index < -0.39 is 0 Å². The number of rotatable bonds is 0. The van der Waals surface area contributed by atoms with E-state index in [4.69, 9.17) is 0 Å². The third-order valence-electron chi connectivity index (χ3n) is 5.56. The van der Waals surface area contributed by atoms with Crippen LogP contribution in [0, 0.1) is 35.0 Å². The highest BCUT2D eigenvalue weighted by Gasteiger charge is 2.61. The van der Waals surface area contributed by atoms with Gasteiger partial charge in [-0.3, -0.25) is 0 Å². The van der Waals surface area contributed by atoms with Gasteiger partial charge >= 0.3 is 0 Å². The Morgan fingerprint density at radius 2 is 1.53 bits per heavy atom. The summed E-state index contributed by atoms with van der Waals surface area (Å²) in [5.74, 6) is 5.62. The summed E-state index contributed by atoms with van der Waals surface area (Å²) in [5.41, 5.74) is 0.585. The zero-order chi connectivity index (χ0) is 10.6. The quantitative estimate of drug-likeness (QED) is 0.547. The minimum atomic E-state index is 0.585. The molecule has 0 N–H and O–H groups in total. The second-order valence-electron chi connectivity index (χ2n) is 7.42. The van der Waals surface area contributed by atoms with Crippen molar-refractivity contribution in [3.63, 3.8) is 0 Å². The van der Waals surface area contributed by atoms with E-state index in [2.05, 4.69) is 20.8 Å². The summed E-state index contributed by atoms with van der Waals surface area (Å²) in [4.78, 5) is 0. The van der Waals surface area contributed by atoms with Crippen LogP contribution in [0.4, 0.5) is 0 Å². The average molecular weight is 206 g/mol. The SMILES string of the molecule is CC(C)(C)C1C2CCC3CCCCC3C21. The third-order valence-corrected chi connectivity index (χ3v) is 5.56. The Bertz CT molecular complexity index is 247. The van der Waals surface area contributed by atoms with Crippen molar-refractivity contribution < 1.29 is 0 Å². The molecule has 3 rings (SSSR count). The Labute approximate surface area is 94.8 Å². The Kier molecular flexibility index (Phi) is 2.20. The van der Waals surface area contributed by atoms with Gasteiger partial charge in [0.25, 0.3) is 0 Å². The molecule has 0 saturated heterocycles. The molecule has 15 heavy (non-hydrogen) atoms. The Morgan fingerprint density at radius 1 is 0.800 bits per heavy atom. The maximum absolute atomic E-state index is 2.47. The molecule has 3 fully saturated rings. The van der Waals surface area contributed by atoms with Gasteiger partial charge in [0.05, 0.1) is 0 Å². The lowest BCUT2D eigenvalue weighted by molar-refractivity contribution is 0.151. The van der Waals surface area contributed by atoms with Gasteiger partial charge in [-0.1, -0.05) is 40.0 Å². The molecule has 0 nitrogen and oxygen atoms in total. The number of hydrogen-bond donors (Lipinski definition) is 0. The third kappa shape index (κ3) is 1.56. The number of fused-ring (bicyclic) bond motifs is 3. The van der Waals surface area contributed by atoms with Crippen LogP contribution in [0.2, 0.25) is 0 Å². The monoisotopic (exact) mass is 206 g/mol. The molecule has 0 amide bonds. The largest absolute Gasteiger partial charge is 0.0599 e. The van der Waals surface area contributed by atoms with Gasteiger partial charge in [0.1, 0.15) is 0 Å². The van der Waals surface area contributed by atoms with Crippen molar-refractivity contribution >= 4 is 0 Å². The molecule has 0 aromatic heterocycles. The van der Waals surface area contributed by atoms with Crippen LogP contribution in [0.15, 0.2) is 0 Å². The van der Waals surface area contributed by atoms with E-state index in [1.165, 1.54) is 12.8 Å². The first-order valence-corrected chi connectivity index (χ1v) is 7.09. The van der Waals surface area contributed by atoms with E-state index >= 15 is 0 Å². The van der Waals surface area contributed by atoms with Crippen LogP contribution in [0.3, 0.4) is 0 Å². The van der Waals surface area contributed by atoms with Crippen molar-refractivity contribution in [2.75, 3.05) is 0 Å². The fourth-order valence-electron chi connectivity index (χ4n) is 5.08. The van der Waals surface area contributed by atoms with E-state index in [1.807, 2.05) is 0 Å². The molecule has 86 valence electrons. The molecule has 3 aliphatic carbocycles. The number of hydrogen-bond acceptors (Lipinski definition) is 0. The summed E-state index contributed by atoms with van der Waals surface area (Å²) in [6.07, 6.45) is 9.31. The van der Waals surface area contributed by atoms with Gasteiger partial charge in [0, 0.05) is 0 Å². The van der Waals surface area contributed by atoms with Gasteiger partial charge in [-0.2, -0.15) is 0 Å². The summed E-state index contributed by atoms with van der Waals surface area (Å²) in [6.45, 7) is 7.40. The Hall–Kier alpha value is 0. The maximum Gasteiger partial charge on any atom is -0.0300 e. The molecule has 3 aliphatic rings. The van der Waals surface area contributed by atoms with Crippen LogP contribution in [0.1, 0.15) is 59.3 Å². The molecule has 5 unspecified atom stereocenters. The zero-order valence-corrected chi connectivity index (χ0v) is 10.6. The summed E-state index contributed by atoms with van der Waals surface area (Å²) in [6, 6.07) is 0. The van der Waals surface area contributed by atoms with Crippen molar-refractivity contribution in [3.05, 3.63) is 0 Å². The van der Waals surface area contributed by atoms with Gasteiger partial charge < -0.3 is 0 Å². The fraction of sp³-hybridized carbons (Fsp3) is 1.00. The molecule has 0 spiro atoms. The first kappa shape index (κ1) is 10.2. The van der Waals surface area contributed by atoms with Gasteiger partial charge in [-0.15, -0.1) is 0 Å². The van der Waals surface area contributed by atoms with Gasteiger partial charge in [-0.05, 0) is 54.3 Å². The van der Waals surface area contributed by atoms with Crippen molar-refractivity contribution in [2.45, 2.75) is 59.3 Å². The molecule has 0 heteroatoms. The second kappa shape index (κ2) is 3.25. The summed E-state index contributed by atoms with van der Waals surface area (Å²) in [7, 11) is 0. The molecular weight excluding hydrogens is 180 g/mol. The molecule has 5 atom stereocenters. The van der Waals surface area contributed by atoms with Crippen LogP contribution < -0.4 is 0 Å². The van der Waals surface area contributed by atoms with Crippen LogP contribution in [0.5, 0.6) is 0 Å². The predicted molar refractivity (Wildman–Crippen MR) is 64.6 cm³/mol. The van der Waals surface area contributed by atoms with Crippen molar-refractivity contribution in [3.8, 4) is 0 Å². The summed E-state index contributed by atoms with van der Waals surface area (Å²) < 4.78 is 0. The molecular formula is C15H26. The minimum Gasteiger partial charge on any atom is -0.0599 e. The minimum absolute atomic E-state index is 0.585. The van der Waals surface area contributed by atoms with E-state index in [1.54, 1.807) is 25.7 Å². The lowest BCUT2D eigenvalue weighted by Crippen LogP contribution is -2.25. The van der Waals surface area contributed by atoms with Crippen molar-refractivity contribution in [1.29, 1.82) is 0 Å². The highest BCUT2D eigenvalue weighted by atomic mass is 14.7. The van der Waals surface area contributed by atoms with Crippen molar-refractivity contribution in [2.24, 2.45) is 35.0 Å². The topological polar surface area (TPSA) is 0 Å². The highest BCUT2D eigenvalue weighted by Crippen LogP contribution is 2.67. The zero-order valence-electron chi connectivity index (χ0n) is 10.6. The van der Waals surface area contributed by atoms with Gasteiger partial charge in [-0.25, -0.2) is 0 Å². The molecule has 0 bridgehead atoms. The van der Waals surface area contributed by atoms with Crippen molar-refractivity contribution in [1.82, 2.24) is 0 Å². The Balaban J connectivity index is 1.75. The molecule has 0 aromatic carbocycles. The Morgan fingerprint density at radius 3 is 2.27 bits per heavy atom. The smallest absolute Gasteiger partial charge is 0.0300 e. The summed E-state index contributed by atoms with van der Waals surface area (Å²) in [5, 5.41) is 0. The maximum atomic E-state index is 2.47. The molecule has 0 heterocycles. The van der Waals surface area contributed by atoms with E-state index in [0.717, 1.165) is 29.6 Å². The molecule has 0 aromatic rings. The van der Waals surface area contributed by atoms with E-state index in [9.17, 15) is 0 Å². The predicted octanol–water partition coefficient (Wildman–Crippen LogP) is 4.49. The standard InChI is InChI=1S/C15H26/c1-15(2,3)14-12-9-8-10-6-4-5-7-11(10)13(12)14/h10-14H,4-9H2,1-3H3. The van der Waals surface area contributed by atoms with Crippen LogP contribution in [-0.2, 0) is 0 Å². The second-order valence-corrected chi connectivity index (χ2v) is 7.42. The van der Waals surface area contributed by atoms with E-state index in [-0.39, 0.29) is 0 Å². The average Bonchev–Trinajstić information content (AvgIpc) is 2.91. The molecule has 3 saturated carbocycles. The van der Waals surface area contributed by atoms with Gasteiger partial charge in [0.15, 0.2) is 0 Å². The first-order chi connectivity index (χ1) is 7.09. The molecule has 0 aliphatic heterocycles. The lowest BCUT2D eigenvalue weighted by Gasteiger charge is -2.35. The summed E-state index contributed by atoms with van der Waals surface area (Å²) >= 11 is 0. The van der Waals surface area contributed by atoms with Crippen LogP contribution in [-0.4, -0.2) is 0 Å². The fourth-order valence-corrected chi connectivity index (χ4v) is 5.08. The van der Waals surface area contributed by atoms with Crippen LogP contribution in [0.25, 0.3) is 0 Å². The van der Waals surface area contributed by atoms with E-state index in [0.29, 0.717) is 5.41 Å². The van der Waals surface area contributed by atoms with Crippen LogP contribution >= 0.6 is 0 Å².